The minimum absolute atomic E-state index is 0.187. The second-order valence-electron chi connectivity index (χ2n) is 3.89. The normalized spacial score (nSPS) is 46.5. The van der Waals surface area contributed by atoms with Gasteiger partial charge in [0.05, 0.1) is 25.4 Å². The molecule has 0 spiro atoms. The molecule has 0 aromatic carbocycles. The maximum absolute atomic E-state index is 9.44. The van der Waals surface area contributed by atoms with E-state index in [4.69, 9.17) is 4.74 Å². The van der Waals surface area contributed by atoms with Crippen LogP contribution < -0.4 is 5.32 Å². The Labute approximate surface area is 73.1 Å². The number of aliphatic hydroxyl groups is 1. The minimum atomic E-state index is -0.289. The van der Waals surface area contributed by atoms with Crippen molar-refractivity contribution in [2.24, 2.45) is 5.92 Å². The van der Waals surface area contributed by atoms with Crippen molar-refractivity contribution in [2.75, 3.05) is 13.2 Å². The first kappa shape index (κ1) is 8.48. The molecular formula is C9H17NO2. The van der Waals surface area contributed by atoms with Gasteiger partial charge in [-0.2, -0.15) is 0 Å². The molecule has 1 aliphatic heterocycles. The predicted molar refractivity (Wildman–Crippen MR) is 45.9 cm³/mol. The predicted octanol–water partition coefficient (Wildman–Crippen LogP) is 0.134. The van der Waals surface area contributed by atoms with Gasteiger partial charge < -0.3 is 15.2 Å². The Bertz CT molecular complexity index is 163. The fourth-order valence-corrected chi connectivity index (χ4v) is 1.88. The lowest BCUT2D eigenvalue weighted by Gasteiger charge is -2.13. The number of hydrogen-bond donors (Lipinski definition) is 2. The summed E-state index contributed by atoms with van der Waals surface area (Å²) >= 11 is 0. The van der Waals surface area contributed by atoms with Gasteiger partial charge in [-0.05, 0) is 12.3 Å². The molecule has 12 heavy (non-hydrogen) atoms. The van der Waals surface area contributed by atoms with E-state index in [1.807, 2.05) is 0 Å². The maximum Gasteiger partial charge on any atom is 0.0948 e. The summed E-state index contributed by atoms with van der Waals surface area (Å²) in [6.07, 6.45) is 2.24. The second-order valence-corrected chi connectivity index (χ2v) is 3.89. The quantitative estimate of drug-likeness (QED) is 0.634. The highest BCUT2D eigenvalue weighted by atomic mass is 16.5. The van der Waals surface area contributed by atoms with Crippen molar-refractivity contribution in [3.8, 4) is 0 Å². The maximum atomic E-state index is 9.44. The van der Waals surface area contributed by atoms with Crippen LogP contribution in [0.4, 0.5) is 0 Å². The van der Waals surface area contributed by atoms with Gasteiger partial charge in [0.25, 0.3) is 0 Å². The van der Waals surface area contributed by atoms with Crippen LogP contribution in [0.5, 0.6) is 0 Å². The Kier molecular flexibility index (Phi) is 2.35. The Balaban J connectivity index is 1.73. The summed E-state index contributed by atoms with van der Waals surface area (Å²) in [6.45, 7) is 3.39. The van der Waals surface area contributed by atoms with Gasteiger partial charge in [0.15, 0.2) is 0 Å². The van der Waals surface area contributed by atoms with Gasteiger partial charge in [-0.3, -0.25) is 0 Å². The average molecular weight is 171 g/mol. The molecule has 0 aromatic heterocycles. The van der Waals surface area contributed by atoms with Crippen LogP contribution in [0.15, 0.2) is 0 Å². The Morgan fingerprint density at radius 2 is 2.25 bits per heavy atom. The lowest BCUT2D eigenvalue weighted by atomic mass is 10.2. The highest BCUT2D eigenvalue weighted by Crippen LogP contribution is 2.33. The van der Waals surface area contributed by atoms with E-state index in [0.29, 0.717) is 19.3 Å². The van der Waals surface area contributed by atoms with Crippen molar-refractivity contribution in [1.29, 1.82) is 0 Å². The topological polar surface area (TPSA) is 41.5 Å². The molecule has 2 N–H and O–H groups in total. The summed E-state index contributed by atoms with van der Waals surface area (Å²) < 4.78 is 5.15. The zero-order chi connectivity index (χ0) is 8.55. The van der Waals surface area contributed by atoms with Crippen LogP contribution in [-0.2, 0) is 4.74 Å². The largest absolute Gasteiger partial charge is 0.389 e. The van der Waals surface area contributed by atoms with Gasteiger partial charge in [0.2, 0.25) is 0 Å². The molecule has 2 aliphatic rings. The van der Waals surface area contributed by atoms with Crippen LogP contribution in [-0.4, -0.2) is 36.5 Å². The second kappa shape index (κ2) is 3.32. The molecule has 70 valence electrons. The van der Waals surface area contributed by atoms with Gasteiger partial charge in [-0.15, -0.1) is 0 Å². The number of ether oxygens (including phenoxy) is 1. The Morgan fingerprint density at radius 1 is 1.42 bits per heavy atom. The molecule has 1 aliphatic carbocycles. The highest BCUT2D eigenvalue weighted by molar-refractivity contribution is 4.96. The lowest BCUT2D eigenvalue weighted by Crippen LogP contribution is -2.40. The third-order valence-corrected chi connectivity index (χ3v) is 2.93. The summed E-state index contributed by atoms with van der Waals surface area (Å²) in [5.74, 6) is 0.845. The van der Waals surface area contributed by atoms with Crippen LogP contribution in [0.25, 0.3) is 0 Å². The summed E-state index contributed by atoms with van der Waals surface area (Å²) in [7, 11) is 0. The molecule has 0 aromatic rings. The van der Waals surface area contributed by atoms with Crippen molar-refractivity contribution >= 4 is 0 Å². The number of aliphatic hydroxyl groups excluding tert-OH is 1. The van der Waals surface area contributed by atoms with Crippen molar-refractivity contribution in [3.63, 3.8) is 0 Å². The molecule has 4 atom stereocenters. The standard InChI is InChI=1S/C9H17NO2/c1-2-6-3-7(6)10-8-4-12-5-9(8)11/h6-11H,2-5H2,1H3. The van der Waals surface area contributed by atoms with Crippen LogP contribution in [0.1, 0.15) is 19.8 Å². The lowest BCUT2D eigenvalue weighted by molar-refractivity contribution is 0.122. The summed E-state index contributed by atoms with van der Waals surface area (Å²) in [5, 5.41) is 12.9. The first-order valence-corrected chi connectivity index (χ1v) is 4.83. The van der Waals surface area contributed by atoms with Crippen molar-refractivity contribution in [3.05, 3.63) is 0 Å². The summed E-state index contributed by atoms with van der Waals surface area (Å²) in [5.41, 5.74) is 0. The van der Waals surface area contributed by atoms with E-state index in [-0.39, 0.29) is 12.1 Å². The third-order valence-electron chi connectivity index (χ3n) is 2.93. The molecule has 2 fully saturated rings. The fourth-order valence-electron chi connectivity index (χ4n) is 1.88. The summed E-state index contributed by atoms with van der Waals surface area (Å²) in [6, 6.07) is 0.836. The zero-order valence-corrected chi connectivity index (χ0v) is 7.49. The number of hydrogen-bond acceptors (Lipinski definition) is 3. The van der Waals surface area contributed by atoms with Gasteiger partial charge in [-0.1, -0.05) is 13.3 Å². The van der Waals surface area contributed by atoms with Crippen molar-refractivity contribution in [1.82, 2.24) is 5.32 Å². The molecule has 0 radical (unpaired) electrons. The highest BCUT2D eigenvalue weighted by Gasteiger charge is 2.39. The molecule has 1 heterocycles. The molecular weight excluding hydrogens is 154 g/mol. The van der Waals surface area contributed by atoms with Crippen molar-refractivity contribution < 1.29 is 9.84 Å². The molecule has 2 rings (SSSR count). The zero-order valence-electron chi connectivity index (χ0n) is 7.49. The molecule has 3 nitrogen and oxygen atoms in total. The van der Waals surface area contributed by atoms with Crippen LogP contribution in [0.3, 0.4) is 0 Å². The van der Waals surface area contributed by atoms with Gasteiger partial charge >= 0.3 is 0 Å². The van der Waals surface area contributed by atoms with E-state index in [1.165, 1.54) is 12.8 Å². The number of rotatable bonds is 3. The van der Waals surface area contributed by atoms with Crippen LogP contribution in [0, 0.1) is 5.92 Å². The summed E-state index contributed by atoms with van der Waals surface area (Å²) in [4.78, 5) is 0. The Hall–Kier alpha value is -0.120. The van der Waals surface area contributed by atoms with Crippen LogP contribution >= 0.6 is 0 Å². The molecule has 3 heteroatoms. The van der Waals surface area contributed by atoms with E-state index in [0.717, 1.165) is 5.92 Å². The first-order chi connectivity index (χ1) is 5.81. The molecule has 0 bridgehead atoms. The SMILES string of the molecule is CCC1CC1NC1COCC1O. The van der Waals surface area contributed by atoms with E-state index in [9.17, 15) is 5.11 Å². The third kappa shape index (κ3) is 1.63. The van der Waals surface area contributed by atoms with E-state index in [1.54, 1.807) is 0 Å². The van der Waals surface area contributed by atoms with E-state index < -0.39 is 0 Å². The first-order valence-electron chi connectivity index (χ1n) is 4.83. The molecule has 0 amide bonds. The number of nitrogens with one attached hydrogen (secondary N) is 1. The van der Waals surface area contributed by atoms with Gasteiger partial charge in [-0.25, -0.2) is 0 Å². The van der Waals surface area contributed by atoms with E-state index in [2.05, 4.69) is 12.2 Å². The molecule has 1 saturated heterocycles. The average Bonchev–Trinajstić information content (AvgIpc) is 2.70. The molecule has 4 unspecified atom stereocenters. The molecule has 1 saturated carbocycles. The van der Waals surface area contributed by atoms with Gasteiger partial charge in [0, 0.05) is 6.04 Å². The monoisotopic (exact) mass is 171 g/mol. The van der Waals surface area contributed by atoms with E-state index >= 15 is 0 Å². The fraction of sp³-hybridized carbons (Fsp3) is 1.00. The van der Waals surface area contributed by atoms with Crippen LogP contribution in [0.2, 0.25) is 0 Å². The Morgan fingerprint density at radius 3 is 2.75 bits per heavy atom. The minimum Gasteiger partial charge on any atom is -0.389 e. The smallest absolute Gasteiger partial charge is 0.0948 e. The van der Waals surface area contributed by atoms with Gasteiger partial charge in [0.1, 0.15) is 0 Å². The van der Waals surface area contributed by atoms with Crippen molar-refractivity contribution in [2.45, 2.75) is 38.0 Å².